The number of rotatable bonds is 3. The summed E-state index contributed by atoms with van der Waals surface area (Å²) in [5.74, 6) is -0.907. The lowest BCUT2D eigenvalue weighted by Crippen LogP contribution is -2.26. The molecule has 0 heterocycles. The van der Waals surface area contributed by atoms with Crippen LogP contribution < -0.4 is 11.1 Å². The third-order valence-electron chi connectivity index (χ3n) is 2.91. The summed E-state index contributed by atoms with van der Waals surface area (Å²) in [7, 11) is 0. The Balaban J connectivity index is 2.11. The zero-order valence-electron chi connectivity index (χ0n) is 10.6. The number of hydrogen-bond donors (Lipinski definition) is 2. The van der Waals surface area contributed by atoms with E-state index in [1.807, 2.05) is 37.3 Å². The Morgan fingerprint density at radius 1 is 1.21 bits per heavy atom. The highest BCUT2D eigenvalue weighted by Gasteiger charge is 2.12. The molecule has 3 N–H and O–H groups in total. The molecule has 0 saturated heterocycles. The van der Waals surface area contributed by atoms with Gasteiger partial charge in [0.2, 0.25) is 0 Å². The predicted octanol–water partition coefficient (Wildman–Crippen LogP) is 2.90. The van der Waals surface area contributed by atoms with Crippen LogP contribution in [0.5, 0.6) is 0 Å². The lowest BCUT2D eigenvalue weighted by molar-refractivity contribution is 0.0939. The summed E-state index contributed by atoms with van der Waals surface area (Å²) in [5, 5.41) is 2.81. The summed E-state index contributed by atoms with van der Waals surface area (Å²) in [6.45, 7) is 1.88. The van der Waals surface area contributed by atoms with Gasteiger partial charge < -0.3 is 11.1 Å². The van der Waals surface area contributed by atoms with E-state index in [4.69, 9.17) is 5.73 Å². The minimum Gasteiger partial charge on any atom is -0.396 e. The first-order valence-corrected chi connectivity index (χ1v) is 5.99. The van der Waals surface area contributed by atoms with Crippen molar-refractivity contribution in [2.45, 2.75) is 13.0 Å². The van der Waals surface area contributed by atoms with Crippen LogP contribution in [0.4, 0.5) is 10.1 Å². The lowest BCUT2D eigenvalue weighted by Gasteiger charge is -2.14. The maximum Gasteiger partial charge on any atom is 0.251 e. The van der Waals surface area contributed by atoms with Crippen LogP contribution in [0.2, 0.25) is 0 Å². The zero-order valence-corrected chi connectivity index (χ0v) is 10.6. The molecular weight excluding hydrogens is 243 g/mol. The molecule has 4 heteroatoms. The van der Waals surface area contributed by atoms with Crippen molar-refractivity contribution < 1.29 is 9.18 Å². The molecule has 0 aliphatic heterocycles. The quantitative estimate of drug-likeness (QED) is 0.832. The topological polar surface area (TPSA) is 55.1 Å². The number of carbonyl (C=O) groups is 1. The molecule has 0 radical (unpaired) electrons. The van der Waals surface area contributed by atoms with E-state index in [1.165, 1.54) is 12.1 Å². The van der Waals surface area contributed by atoms with Crippen LogP contribution in [-0.2, 0) is 0 Å². The molecule has 2 aromatic rings. The second-order valence-corrected chi connectivity index (χ2v) is 4.34. The largest absolute Gasteiger partial charge is 0.396 e. The number of nitrogens with two attached hydrogens (primary N) is 1. The van der Waals surface area contributed by atoms with Crippen LogP contribution in [-0.4, -0.2) is 5.91 Å². The Morgan fingerprint density at radius 3 is 2.53 bits per heavy atom. The van der Waals surface area contributed by atoms with Gasteiger partial charge in [0.25, 0.3) is 5.91 Å². The zero-order chi connectivity index (χ0) is 13.8. The monoisotopic (exact) mass is 258 g/mol. The normalized spacial score (nSPS) is 11.9. The van der Waals surface area contributed by atoms with Gasteiger partial charge in [0.1, 0.15) is 5.82 Å². The number of nitrogen functional groups attached to an aromatic ring is 1. The van der Waals surface area contributed by atoms with Gasteiger partial charge in [-0.05, 0) is 30.7 Å². The van der Waals surface area contributed by atoms with Crippen molar-refractivity contribution in [2.75, 3.05) is 5.73 Å². The second kappa shape index (κ2) is 5.52. The molecule has 1 amide bonds. The van der Waals surface area contributed by atoms with Crippen LogP contribution in [0.1, 0.15) is 28.9 Å². The summed E-state index contributed by atoms with van der Waals surface area (Å²) < 4.78 is 13.3. The second-order valence-electron chi connectivity index (χ2n) is 4.34. The maximum atomic E-state index is 13.3. The van der Waals surface area contributed by atoms with Gasteiger partial charge in [-0.15, -0.1) is 0 Å². The average Bonchev–Trinajstić information content (AvgIpc) is 2.42. The van der Waals surface area contributed by atoms with Crippen molar-refractivity contribution in [1.82, 2.24) is 5.32 Å². The number of nitrogens with one attached hydrogen (secondary N) is 1. The molecule has 0 aromatic heterocycles. The number of carbonyl (C=O) groups excluding carboxylic acids is 1. The molecule has 0 aliphatic rings. The van der Waals surface area contributed by atoms with Gasteiger partial charge in [-0.2, -0.15) is 0 Å². The smallest absolute Gasteiger partial charge is 0.251 e. The first-order valence-electron chi connectivity index (χ1n) is 5.99. The van der Waals surface area contributed by atoms with Crippen LogP contribution in [0.25, 0.3) is 0 Å². The van der Waals surface area contributed by atoms with E-state index in [2.05, 4.69) is 5.32 Å². The Labute approximate surface area is 111 Å². The van der Waals surface area contributed by atoms with E-state index in [1.54, 1.807) is 0 Å². The van der Waals surface area contributed by atoms with Crippen molar-refractivity contribution in [3.8, 4) is 0 Å². The molecule has 19 heavy (non-hydrogen) atoms. The number of amides is 1. The van der Waals surface area contributed by atoms with Gasteiger partial charge in [-0.3, -0.25) is 4.79 Å². The van der Waals surface area contributed by atoms with Crippen molar-refractivity contribution in [3.63, 3.8) is 0 Å². The molecule has 0 saturated carbocycles. The van der Waals surface area contributed by atoms with Crippen LogP contribution in [0.15, 0.2) is 48.5 Å². The molecule has 0 aliphatic carbocycles. The molecule has 0 bridgehead atoms. The molecule has 0 fully saturated rings. The lowest BCUT2D eigenvalue weighted by atomic mass is 10.1. The van der Waals surface area contributed by atoms with E-state index >= 15 is 0 Å². The van der Waals surface area contributed by atoms with Gasteiger partial charge in [0.05, 0.1) is 11.7 Å². The Bertz CT molecular complexity index is 584. The van der Waals surface area contributed by atoms with Gasteiger partial charge in [0, 0.05) is 5.56 Å². The Kier molecular flexibility index (Phi) is 3.80. The van der Waals surface area contributed by atoms with E-state index in [0.717, 1.165) is 11.6 Å². The first-order chi connectivity index (χ1) is 9.08. The number of halogens is 1. The van der Waals surface area contributed by atoms with Crippen molar-refractivity contribution in [3.05, 3.63) is 65.5 Å². The minimum absolute atomic E-state index is 0.0349. The summed E-state index contributed by atoms with van der Waals surface area (Å²) in [6, 6.07) is 13.5. The molecule has 0 spiro atoms. The fourth-order valence-corrected chi connectivity index (χ4v) is 1.77. The summed E-state index contributed by atoms with van der Waals surface area (Å²) >= 11 is 0. The van der Waals surface area contributed by atoms with Crippen LogP contribution >= 0.6 is 0 Å². The highest BCUT2D eigenvalue weighted by atomic mass is 19.1. The molecule has 3 nitrogen and oxygen atoms in total. The fraction of sp³-hybridized carbons (Fsp3) is 0.133. The fourth-order valence-electron chi connectivity index (χ4n) is 1.77. The highest BCUT2D eigenvalue weighted by molar-refractivity contribution is 5.94. The number of hydrogen-bond acceptors (Lipinski definition) is 2. The van der Waals surface area contributed by atoms with E-state index in [9.17, 15) is 9.18 Å². The SMILES string of the molecule is C[C@H](NC(=O)c1ccc(N)c(F)c1)c1ccccc1. The molecular formula is C15H15FN2O. The highest BCUT2D eigenvalue weighted by Crippen LogP contribution is 2.15. The van der Waals surface area contributed by atoms with Gasteiger partial charge in [-0.25, -0.2) is 4.39 Å². The number of anilines is 1. The Morgan fingerprint density at radius 2 is 1.89 bits per heavy atom. The summed E-state index contributed by atoms with van der Waals surface area (Å²) in [4.78, 5) is 12.0. The van der Waals surface area contributed by atoms with Crippen LogP contribution in [0, 0.1) is 5.82 Å². The van der Waals surface area contributed by atoms with E-state index in [0.29, 0.717) is 0 Å². The molecule has 98 valence electrons. The van der Waals surface area contributed by atoms with Gasteiger partial charge >= 0.3 is 0 Å². The van der Waals surface area contributed by atoms with E-state index in [-0.39, 0.29) is 23.2 Å². The van der Waals surface area contributed by atoms with E-state index < -0.39 is 5.82 Å². The summed E-state index contributed by atoms with van der Waals surface area (Å²) in [6.07, 6.45) is 0. The predicted molar refractivity (Wildman–Crippen MR) is 73.1 cm³/mol. The summed E-state index contributed by atoms with van der Waals surface area (Å²) in [5.41, 5.74) is 6.66. The molecule has 1 atom stereocenters. The van der Waals surface area contributed by atoms with Crippen LogP contribution in [0.3, 0.4) is 0 Å². The average molecular weight is 258 g/mol. The van der Waals surface area contributed by atoms with Crippen molar-refractivity contribution in [1.29, 1.82) is 0 Å². The first kappa shape index (κ1) is 13.1. The minimum atomic E-state index is -0.583. The van der Waals surface area contributed by atoms with Crippen molar-refractivity contribution in [2.24, 2.45) is 0 Å². The van der Waals surface area contributed by atoms with Gasteiger partial charge in [0.15, 0.2) is 0 Å². The molecule has 2 aromatic carbocycles. The third-order valence-corrected chi connectivity index (χ3v) is 2.91. The molecule has 2 rings (SSSR count). The Hall–Kier alpha value is -2.36. The molecule has 0 unspecified atom stereocenters. The maximum absolute atomic E-state index is 13.3. The standard InChI is InChI=1S/C15H15FN2O/c1-10(11-5-3-2-4-6-11)18-15(19)12-7-8-14(17)13(16)9-12/h2-10H,17H2,1H3,(H,18,19)/t10-/m0/s1. The van der Waals surface area contributed by atoms with Crippen molar-refractivity contribution >= 4 is 11.6 Å². The van der Waals surface area contributed by atoms with Gasteiger partial charge in [-0.1, -0.05) is 30.3 Å². The number of benzene rings is 2. The third kappa shape index (κ3) is 3.10.